The lowest BCUT2D eigenvalue weighted by atomic mass is 9.98. The summed E-state index contributed by atoms with van der Waals surface area (Å²) in [6, 6.07) is -0.654. The molecule has 0 spiro atoms. The number of fused-ring (bicyclic) bond motifs is 1. The van der Waals surface area contributed by atoms with E-state index in [0.29, 0.717) is 11.3 Å². The molecule has 3 rings (SSSR count). The number of hydrogen-bond acceptors (Lipinski definition) is 11. The number of halogens is 1. The Labute approximate surface area is 189 Å². The summed E-state index contributed by atoms with van der Waals surface area (Å²) in [6.45, 7) is 4.60. The van der Waals surface area contributed by atoms with Crippen LogP contribution in [0.3, 0.4) is 0 Å². The van der Waals surface area contributed by atoms with E-state index in [4.69, 9.17) is 31.5 Å². The molecule has 2 aromatic heterocycles. The van der Waals surface area contributed by atoms with Crippen LogP contribution in [0.4, 0.5) is 16.2 Å². The molecule has 1 unspecified atom stereocenters. The van der Waals surface area contributed by atoms with Gasteiger partial charge in [0.2, 0.25) is 5.95 Å². The van der Waals surface area contributed by atoms with Crippen molar-refractivity contribution in [2.75, 3.05) is 31.3 Å². The highest BCUT2D eigenvalue weighted by atomic mass is 32.4. The van der Waals surface area contributed by atoms with Crippen LogP contribution < -0.4 is 16.1 Å². The number of nitrogens with zero attached hydrogens (tertiary/aromatic N) is 4. The molecule has 1 aliphatic heterocycles. The molecule has 0 radical (unpaired) electrons. The monoisotopic (exact) mass is 491 g/mol. The van der Waals surface area contributed by atoms with Crippen LogP contribution in [0.1, 0.15) is 27.0 Å². The van der Waals surface area contributed by atoms with E-state index in [1.54, 1.807) is 20.9 Å². The van der Waals surface area contributed by atoms with Crippen molar-refractivity contribution in [2.45, 2.75) is 50.9 Å². The molecule has 3 heterocycles. The van der Waals surface area contributed by atoms with Crippen molar-refractivity contribution in [2.24, 2.45) is 0 Å². The number of aliphatic hydroxyl groups is 1. The molecule has 6 atom stereocenters. The standard InChI is InChI=1S/C17H27FN7O5PS/c1-5-28-14(27)8(2)24-31(32)29-6-9-11(26)17(3,18)15(30-9)25-7-21-10-12(20-4)22-16(19)23-13(10)25/h7-9,11,15,26,31H,5-6H2,1-4H3,(H,24,32)(H3,19,20,22,23)/t8-,9+,11+,15+,17+/m0/s1. The van der Waals surface area contributed by atoms with Crippen molar-refractivity contribution < 1.29 is 28.3 Å². The molecule has 15 heteroatoms. The number of aromatic nitrogens is 4. The molecule has 5 N–H and O–H groups in total. The van der Waals surface area contributed by atoms with E-state index < -0.39 is 43.2 Å². The van der Waals surface area contributed by atoms with Crippen LogP contribution in [-0.4, -0.2) is 74.8 Å². The minimum Gasteiger partial charge on any atom is -0.465 e. The second-order valence-corrected chi connectivity index (χ2v) is 9.61. The van der Waals surface area contributed by atoms with E-state index in [1.165, 1.54) is 17.8 Å². The van der Waals surface area contributed by atoms with Gasteiger partial charge in [-0.2, -0.15) is 9.97 Å². The van der Waals surface area contributed by atoms with Crippen LogP contribution in [0.15, 0.2) is 6.33 Å². The smallest absolute Gasteiger partial charge is 0.323 e. The van der Waals surface area contributed by atoms with Crippen LogP contribution >= 0.6 is 7.07 Å². The van der Waals surface area contributed by atoms with E-state index in [9.17, 15) is 9.90 Å². The summed E-state index contributed by atoms with van der Waals surface area (Å²) < 4.78 is 33.2. The van der Waals surface area contributed by atoms with Gasteiger partial charge in [-0.15, -0.1) is 0 Å². The first-order valence-electron chi connectivity index (χ1n) is 9.90. The molecular weight excluding hydrogens is 464 g/mol. The highest BCUT2D eigenvalue weighted by Gasteiger charge is 2.55. The SMILES string of the molecule is CCOC(=O)[C@H](C)N[PH](=S)OC[C@H]1O[C@@H](n2cnc3c(NC)nc(N)nc32)[C@](C)(F)[C@@H]1O. The molecule has 1 aliphatic rings. The topological polar surface area (TPSA) is 159 Å². The molecule has 1 saturated heterocycles. The van der Waals surface area contributed by atoms with Crippen LogP contribution in [-0.2, 0) is 30.6 Å². The van der Waals surface area contributed by atoms with Crippen LogP contribution in [0.2, 0.25) is 0 Å². The van der Waals surface area contributed by atoms with E-state index in [0.717, 1.165) is 0 Å². The third-order valence-electron chi connectivity index (χ3n) is 5.00. The highest BCUT2D eigenvalue weighted by Crippen LogP contribution is 2.43. The van der Waals surface area contributed by atoms with Gasteiger partial charge >= 0.3 is 5.97 Å². The van der Waals surface area contributed by atoms with Gasteiger partial charge in [-0.3, -0.25) is 14.4 Å². The highest BCUT2D eigenvalue weighted by molar-refractivity contribution is 8.02. The lowest BCUT2D eigenvalue weighted by Gasteiger charge is -2.24. The summed E-state index contributed by atoms with van der Waals surface area (Å²) in [7, 11) is -0.417. The Morgan fingerprint density at radius 1 is 1.56 bits per heavy atom. The minimum absolute atomic E-state index is 0.0252. The number of esters is 1. The van der Waals surface area contributed by atoms with Crippen molar-refractivity contribution in [3.8, 4) is 0 Å². The van der Waals surface area contributed by atoms with Gasteiger partial charge in [0.15, 0.2) is 28.9 Å². The van der Waals surface area contributed by atoms with Crippen molar-refractivity contribution in [1.82, 2.24) is 24.6 Å². The maximum absolute atomic E-state index is 15.6. The number of rotatable bonds is 9. The molecule has 0 amide bonds. The Kier molecular flexibility index (Phi) is 7.63. The Bertz CT molecular complexity index is 1010. The molecule has 0 saturated carbocycles. The normalized spacial score (nSPS) is 27.4. The Balaban J connectivity index is 1.73. The number of imidazole rings is 1. The lowest BCUT2D eigenvalue weighted by Crippen LogP contribution is -2.40. The number of ether oxygens (including phenoxy) is 2. The average Bonchev–Trinajstić information content (AvgIpc) is 3.24. The zero-order valence-corrected chi connectivity index (χ0v) is 19.9. The molecule has 178 valence electrons. The molecule has 0 aliphatic carbocycles. The number of nitrogen functional groups attached to an aromatic ring is 1. The molecule has 0 aromatic carbocycles. The van der Waals surface area contributed by atoms with Gasteiger partial charge in [0.05, 0.1) is 19.5 Å². The number of alkyl halides is 1. The minimum atomic E-state index is -2.19. The molecule has 32 heavy (non-hydrogen) atoms. The summed E-state index contributed by atoms with van der Waals surface area (Å²) in [4.78, 5) is 24.1. The molecule has 2 aromatic rings. The predicted molar refractivity (Wildman–Crippen MR) is 120 cm³/mol. The second-order valence-electron chi connectivity index (χ2n) is 7.34. The van der Waals surface area contributed by atoms with Gasteiger partial charge in [0.1, 0.15) is 25.3 Å². The van der Waals surface area contributed by atoms with Gasteiger partial charge < -0.3 is 30.2 Å². The molecule has 0 bridgehead atoms. The van der Waals surface area contributed by atoms with E-state index >= 15 is 4.39 Å². The summed E-state index contributed by atoms with van der Waals surface area (Å²) in [5, 5.41) is 16.3. The van der Waals surface area contributed by atoms with Crippen molar-refractivity contribution in [3.63, 3.8) is 0 Å². The largest absolute Gasteiger partial charge is 0.465 e. The first-order chi connectivity index (χ1) is 15.1. The van der Waals surface area contributed by atoms with Gasteiger partial charge in [-0.1, -0.05) is 11.8 Å². The van der Waals surface area contributed by atoms with E-state index in [1.807, 2.05) is 0 Å². The third kappa shape index (κ3) is 4.85. The number of aliphatic hydroxyl groups excluding tert-OH is 1. The number of nitrogens with one attached hydrogen (secondary N) is 2. The van der Waals surface area contributed by atoms with Crippen LogP contribution in [0.25, 0.3) is 11.2 Å². The molecule has 1 fully saturated rings. The fourth-order valence-corrected chi connectivity index (χ4v) is 4.94. The van der Waals surface area contributed by atoms with Gasteiger partial charge in [0.25, 0.3) is 0 Å². The summed E-state index contributed by atoms with van der Waals surface area (Å²) in [5.41, 5.74) is 4.19. The quantitative estimate of drug-likeness (QED) is 0.285. The van der Waals surface area contributed by atoms with Crippen molar-refractivity contribution in [3.05, 3.63) is 6.33 Å². The fraction of sp³-hybridized carbons (Fsp3) is 0.647. The zero-order chi connectivity index (χ0) is 23.6. The van der Waals surface area contributed by atoms with Crippen molar-refractivity contribution in [1.29, 1.82) is 0 Å². The summed E-state index contributed by atoms with van der Waals surface area (Å²) in [5.74, 6) is -0.0979. The fourth-order valence-electron chi connectivity index (χ4n) is 3.33. The Hall–Kier alpha value is -1.96. The van der Waals surface area contributed by atoms with Crippen molar-refractivity contribution >= 4 is 47.8 Å². The van der Waals surface area contributed by atoms with Crippen LogP contribution in [0, 0.1) is 0 Å². The number of carbonyl (C=O) groups is 1. The first kappa shape index (κ1) is 24.7. The number of nitrogens with two attached hydrogens (primary N) is 1. The molecule has 12 nitrogen and oxygen atoms in total. The van der Waals surface area contributed by atoms with E-state index in [-0.39, 0.29) is 24.8 Å². The lowest BCUT2D eigenvalue weighted by molar-refractivity contribution is -0.144. The second kappa shape index (κ2) is 9.89. The number of hydrogen-bond donors (Lipinski definition) is 4. The van der Waals surface area contributed by atoms with E-state index in [2.05, 4.69) is 25.4 Å². The van der Waals surface area contributed by atoms with Gasteiger partial charge in [-0.05, 0) is 20.8 Å². The zero-order valence-electron chi connectivity index (χ0n) is 18.0. The maximum atomic E-state index is 15.6. The summed E-state index contributed by atoms with van der Waals surface area (Å²) in [6.07, 6.45) is -2.43. The Morgan fingerprint density at radius 2 is 2.28 bits per heavy atom. The number of anilines is 2. The Morgan fingerprint density at radius 3 is 2.94 bits per heavy atom. The first-order valence-corrected chi connectivity index (χ1v) is 12.4. The van der Waals surface area contributed by atoms with Crippen LogP contribution in [0.5, 0.6) is 0 Å². The average molecular weight is 491 g/mol. The van der Waals surface area contributed by atoms with Gasteiger partial charge in [-0.25, -0.2) is 9.37 Å². The summed E-state index contributed by atoms with van der Waals surface area (Å²) >= 11 is 5.24. The maximum Gasteiger partial charge on any atom is 0.323 e. The molecular formula is C17H27FN7O5PS. The number of carbonyl (C=O) groups excluding carboxylic acids is 1. The third-order valence-corrected chi connectivity index (χ3v) is 6.80. The predicted octanol–water partition coefficient (Wildman–Crippen LogP) is 0.501. The van der Waals surface area contributed by atoms with Gasteiger partial charge in [0, 0.05) is 7.05 Å².